The topological polar surface area (TPSA) is 70.3 Å². The molecule has 1 saturated heterocycles. The smallest absolute Gasteiger partial charge is 0.162 e. The highest BCUT2D eigenvalue weighted by molar-refractivity contribution is 5.68. The second-order valence-corrected chi connectivity index (χ2v) is 10.7. The molecular weight excluding hydrogens is 436 g/mol. The van der Waals surface area contributed by atoms with Crippen molar-refractivity contribution in [2.24, 2.45) is 7.05 Å². The highest BCUT2D eigenvalue weighted by atomic mass is 16.3. The van der Waals surface area contributed by atoms with Gasteiger partial charge in [-0.05, 0) is 50.7 Å². The van der Waals surface area contributed by atoms with Crippen LogP contribution in [-0.2, 0) is 20.0 Å². The molecule has 7 nitrogen and oxygen atoms in total. The second kappa shape index (κ2) is 9.26. The number of piperidine rings is 1. The highest BCUT2D eigenvalue weighted by Crippen LogP contribution is 2.36. The SMILES string of the molecule is Cc1cccc(C)c1-c1nc2c(c(N3CCC(O)CC3C)n1)CN(c1cc(C(C)C)nn1C)CC2. The standard InChI is InChI=1S/C28H38N6O/c1-17(2)24-15-25(32(6)31-24)33-12-11-23-22(16-33)28(34-13-10-21(35)14-20(34)5)30-27(29-23)26-18(3)8-7-9-19(26)4/h7-9,15,17,20-21,35H,10-14,16H2,1-6H3. The quantitative estimate of drug-likeness (QED) is 0.599. The molecule has 0 amide bonds. The summed E-state index contributed by atoms with van der Waals surface area (Å²) >= 11 is 0. The molecule has 35 heavy (non-hydrogen) atoms. The lowest BCUT2D eigenvalue weighted by Gasteiger charge is -2.40. The minimum Gasteiger partial charge on any atom is -0.393 e. The maximum Gasteiger partial charge on any atom is 0.162 e. The van der Waals surface area contributed by atoms with Gasteiger partial charge in [0.1, 0.15) is 11.6 Å². The van der Waals surface area contributed by atoms with Gasteiger partial charge in [0.15, 0.2) is 5.82 Å². The Kier molecular flexibility index (Phi) is 6.30. The molecule has 1 aromatic carbocycles. The number of aromatic nitrogens is 4. The molecule has 186 valence electrons. The summed E-state index contributed by atoms with van der Waals surface area (Å²) in [5.74, 6) is 3.39. The van der Waals surface area contributed by atoms with Crippen molar-refractivity contribution >= 4 is 11.6 Å². The molecular formula is C28H38N6O. The van der Waals surface area contributed by atoms with Crippen LogP contribution in [0.1, 0.15) is 67.6 Å². The van der Waals surface area contributed by atoms with Gasteiger partial charge in [-0.15, -0.1) is 0 Å². The minimum atomic E-state index is -0.239. The first-order chi connectivity index (χ1) is 16.7. The van der Waals surface area contributed by atoms with E-state index in [1.54, 1.807) is 0 Å². The van der Waals surface area contributed by atoms with E-state index in [0.29, 0.717) is 5.92 Å². The summed E-state index contributed by atoms with van der Waals surface area (Å²) in [7, 11) is 2.03. The molecule has 5 rings (SSSR count). The van der Waals surface area contributed by atoms with Crippen LogP contribution in [0.2, 0.25) is 0 Å². The van der Waals surface area contributed by atoms with Crippen LogP contribution in [-0.4, -0.2) is 50.1 Å². The van der Waals surface area contributed by atoms with E-state index in [-0.39, 0.29) is 12.1 Å². The van der Waals surface area contributed by atoms with Crippen LogP contribution in [0, 0.1) is 13.8 Å². The number of fused-ring (bicyclic) bond motifs is 1. The van der Waals surface area contributed by atoms with E-state index in [0.717, 1.165) is 73.3 Å². The van der Waals surface area contributed by atoms with Crippen molar-refractivity contribution in [3.63, 3.8) is 0 Å². The fourth-order valence-electron chi connectivity index (χ4n) is 5.63. The Balaban J connectivity index is 1.60. The Bertz CT molecular complexity index is 1210. The summed E-state index contributed by atoms with van der Waals surface area (Å²) in [5.41, 5.74) is 7.01. The molecule has 1 fully saturated rings. The molecule has 0 radical (unpaired) electrons. The van der Waals surface area contributed by atoms with Crippen molar-refractivity contribution in [3.8, 4) is 11.4 Å². The molecule has 1 N–H and O–H groups in total. The van der Waals surface area contributed by atoms with Gasteiger partial charge in [-0.1, -0.05) is 32.0 Å². The molecule has 3 aromatic rings. The maximum atomic E-state index is 10.3. The predicted molar refractivity (Wildman–Crippen MR) is 141 cm³/mol. The summed E-state index contributed by atoms with van der Waals surface area (Å²) < 4.78 is 2.01. The molecule has 0 spiro atoms. The van der Waals surface area contributed by atoms with Gasteiger partial charge in [0, 0.05) is 56.3 Å². The van der Waals surface area contributed by atoms with Crippen LogP contribution >= 0.6 is 0 Å². The van der Waals surface area contributed by atoms with Crippen LogP contribution in [0.3, 0.4) is 0 Å². The van der Waals surface area contributed by atoms with Gasteiger partial charge in [0.25, 0.3) is 0 Å². The molecule has 0 aliphatic carbocycles. The summed E-state index contributed by atoms with van der Waals surface area (Å²) in [6.07, 6.45) is 2.17. The van der Waals surface area contributed by atoms with E-state index in [1.165, 1.54) is 16.7 Å². The molecule has 2 atom stereocenters. The molecule has 2 aliphatic rings. The largest absolute Gasteiger partial charge is 0.393 e. The van der Waals surface area contributed by atoms with Crippen LogP contribution in [0.15, 0.2) is 24.3 Å². The predicted octanol–water partition coefficient (Wildman–Crippen LogP) is 4.53. The lowest BCUT2D eigenvalue weighted by molar-refractivity contribution is 0.131. The van der Waals surface area contributed by atoms with E-state index in [4.69, 9.17) is 15.1 Å². The molecule has 2 aromatic heterocycles. The number of hydrogen-bond donors (Lipinski definition) is 1. The Morgan fingerprint density at radius 2 is 1.83 bits per heavy atom. The average molecular weight is 475 g/mol. The number of hydrogen-bond acceptors (Lipinski definition) is 6. The van der Waals surface area contributed by atoms with Crippen molar-refractivity contribution < 1.29 is 5.11 Å². The van der Waals surface area contributed by atoms with Crippen molar-refractivity contribution in [1.82, 2.24) is 19.7 Å². The fourth-order valence-corrected chi connectivity index (χ4v) is 5.63. The van der Waals surface area contributed by atoms with Crippen LogP contribution in [0.25, 0.3) is 11.4 Å². The lowest BCUT2D eigenvalue weighted by atomic mass is 9.97. The van der Waals surface area contributed by atoms with E-state index < -0.39 is 0 Å². The lowest BCUT2D eigenvalue weighted by Crippen LogP contribution is -2.45. The molecule has 7 heteroatoms. The van der Waals surface area contributed by atoms with Crippen LogP contribution in [0.5, 0.6) is 0 Å². The molecule has 4 heterocycles. The number of aliphatic hydroxyl groups excluding tert-OH is 1. The third kappa shape index (κ3) is 4.42. The normalized spacial score (nSPS) is 20.5. The second-order valence-electron chi connectivity index (χ2n) is 10.7. The highest BCUT2D eigenvalue weighted by Gasteiger charge is 2.32. The fraction of sp³-hybridized carbons (Fsp3) is 0.536. The van der Waals surface area contributed by atoms with Crippen molar-refractivity contribution in [2.45, 2.75) is 78.5 Å². The van der Waals surface area contributed by atoms with Gasteiger partial charge in [-0.3, -0.25) is 4.68 Å². The Morgan fingerprint density at radius 3 is 2.49 bits per heavy atom. The molecule has 0 bridgehead atoms. The molecule has 2 aliphatic heterocycles. The number of nitrogens with zero attached hydrogens (tertiary/aromatic N) is 6. The van der Waals surface area contributed by atoms with Gasteiger partial charge >= 0.3 is 0 Å². The van der Waals surface area contributed by atoms with Gasteiger partial charge in [0.05, 0.1) is 17.5 Å². The monoisotopic (exact) mass is 474 g/mol. The van der Waals surface area contributed by atoms with Crippen molar-refractivity contribution in [3.05, 3.63) is 52.3 Å². The number of rotatable bonds is 4. The number of anilines is 2. The Hall–Kier alpha value is -2.93. The zero-order valence-corrected chi connectivity index (χ0v) is 21.9. The number of aryl methyl sites for hydroxylation is 3. The number of benzene rings is 1. The first-order valence-corrected chi connectivity index (χ1v) is 12.9. The van der Waals surface area contributed by atoms with Gasteiger partial charge in [-0.25, -0.2) is 9.97 Å². The van der Waals surface area contributed by atoms with Crippen molar-refractivity contribution in [2.75, 3.05) is 22.9 Å². The third-order valence-electron chi connectivity index (χ3n) is 7.65. The summed E-state index contributed by atoms with van der Waals surface area (Å²) in [6.45, 7) is 13.3. The van der Waals surface area contributed by atoms with Crippen LogP contribution < -0.4 is 9.80 Å². The minimum absolute atomic E-state index is 0.225. The van der Waals surface area contributed by atoms with Crippen molar-refractivity contribution in [1.29, 1.82) is 0 Å². The van der Waals surface area contributed by atoms with E-state index in [2.05, 4.69) is 68.7 Å². The zero-order chi connectivity index (χ0) is 24.9. The molecule has 0 saturated carbocycles. The van der Waals surface area contributed by atoms with E-state index in [9.17, 15) is 5.11 Å². The average Bonchev–Trinajstić information content (AvgIpc) is 3.20. The van der Waals surface area contributed by atoms with E-state index in [1.807, 2.05) is 11.7 Å². The molecule has 2 unspecified atom stereocenters. The maximum absolute atomic E-state index is 10.3. The zero-order valence-electron chi connectivity index (χ0n) is 21.9. The van der Waals surface area contributed by atoms with Crippen LogP contribution in [0.4, 0.5) is 11.6 Å². The van der Waals surface area contributed by atoms with E-state index >= 15 is 0 Å². The first kappa shape index (κ1) is 23.8. The third-order valence-corrected chi connectivity index (χ3v) is 7.65. The summed E-state index contributed by atoms with van der Waals surface area (Å²) in [6, 6.07) is 8.82. The van der Waals surface area contributed by atoms with Gasteiger partial charge in [0.2, 0.25) is 0 Å². The first-order valence-electron chi connectivity index (χ1n) is 12.9. The Labute approximate surface area is 208 Å². The Morgan fingerprint density at radius 1 is 1.09 bits per heavy atom. The van der Waals surface area contributed by atoms with Gasteiger partial charge in [-0.2, -0.15) is 5.10 Å². The summed E-state index contributed by atoms with van der Waals surface area (Å²) in [4.78, 5) is 15.2. The van der Waals surface area contributed by atoms with Gasteiger partial charge < -0.3 is 14.9 Å². The summed E-state index contributed by atoms with van der Waals surface area (Å²) in [5, 5.41) is 15.0. The number of aliphatic hydroxyl groups is 1.